The van der Waals surface area contributed by atoms with Crippen LogP contribution in [0.2, 0.25) is 5.02 Å². The van der Waals surface area contributed by atoms with Gasteiger partial charge in [-0.3, -0.25) is 9.59 Å². The fourth-order valence-corrected chi connectivity index (χ4v) is 6.11. The number of esters is 1. The van der Waals surface area contributed by atoms with Gasteiger partial charge in [0.15, 0.2) is 0 Å². The Hall–Kier alpha value is -3.07. The molecule has 0 aliphatic rings. The molecule has 5 rings (SSSR count). The van der Waals surface area contributed by atoms with E-state index in [2.05, 4.69) is 12.0 Å². The molecule has 0 fully saturated rings. The predicted molar refractivity (Wildman–Crippen MR) is 138 cm³/mol. The second-order valence-corrected chi connectivity index (χ2v) is 10.2. The first-order chi connectivity index (χ1) is 16.4. The second kappa shape index (κ2) is 9.29. The van der Waals surface area contributed by atoms with Crippen LogP contribution in [0.25, 0.3) is 31.4 Å². The van der Waals surface area contributed by atoms with Crippen LogP contribution >= 0.6 is 34.3 Å². The van der Waals surface area contributed by atoms with E-state index >= 15 is 0 Å². The summed E-state index contributed by atoms with van der Waals surface area (Å²) in [5, 5.41) is 10.3. The molecule has 0 atom stereocenters. The van der Waals surface area contributed by atoms with E-state index < -0.39 is 0 Å². The lowest BCUT2D eigenvalue weighted by Crippen LogP contribution is -2.26. The lowest BCUT2D eigenvalue weighted by molar-refractivity contribution is -0.142. The number of nitrogens with zero attached hydrogens (tertiary/aromatic N) is 3. The minimum atomic E-state index is -0.373. The van der Waals surface area contributed by atoms with Gasteiger partial charge in [-0.1, -0.05) is 29.8 Å². The van der Waals surface area contributed by atoms with E-state index in [-0.39, 0.29) is 24.5 Å². The number of hydrogen-bond donors (Lipinski definition) is 0. The predicted octanol–water partition coefficient (Wildman–Crippen LogP) is 5.85. The number of ether oxygens (including phenoxy) is 1. The van der Waals surface area contributed by atoms with Gasteiger partial charge in [0.1, 0.15) is 5.01 Å². The van der Waals surface area contributed by atoms with E-state index in [0.717, 1.165) is 31.2 Å². The second-order valence-electron chi connectivity index (χ2n) is 7.76. The van der Waals surface area contributed by atoms with Crippen LogP contribution in [-0.2, 0) is 22.5 Å². The van der Waals surface area contributed by atoms with Crippen molar-refractivity contribution in [3.05, 3.63) is 79.5 Å². The Labute approximate surface area is 208 Å². The zero-order chi connectivity index (χ0) is 23.8. The summed E-state index contributed by atoms with van der Waals surface area (Å²) in [4.78, 5) is 31.1. The molecule has 172 valence electrons. The highest BCUT2D eigenvalue weighted by Crippen LogP contribution is 2.39. The summed E-state index contributed by atoms with van der Waals surface area (Å²) in [5.41, 5.74) is 2.31. The SMILES string of the molecule is CCOC(=O)Cc1nn(Cc2nc(-c3sc4ccc(Cl)cc4c3C)cs2)c(=O)c2ccccc12. The van der Waals surface area contributed by atoms with Gasteiger partial charge >= 0.3 is 5.97 Å². The maximum Gasteiger partial charge on any atom is 0.311 e. The van der Waals surface area contributed by atoms with Crippen molar-refractivity contribution in [2.24, 2.45) is 0 Å². The topological polar surface area (TPSA) is 74.1 Å². The molecule has 0 spiro atoms. The smallest absolute Gasteiger partial charge is 0.311 e. The average Bonchev–Trinajstić information content (AvgIpc) is 3.41. The highest BCUT2D eigenvalue weighted by atomic mass is 35.5. The molecule has 0 aliphatic carbocycles. The van der Waals surface area contributed by atoms with Crippen molar-refractivity contribution in [1.29, 1.82) is 0 Å². The number of rotatable bonds is 6. The Morgan fingerprint density at radius 2 is 1.94 bits per heavy atom. The zero-order valence-corrected chi connectivity index (χ0v) is 20.9. The van der Waals surface area contributed by atoms with Crippen molar-refractivity contribution in [3.8, 4) is 10.6 Å². The van der Waals surface area contributed by atoms with Crippen LogP contribution in [0.1, 0.15) is 23.2 Å². The minimum absolute atomic E-state index is 0.00128. The number of halogens is 1. The summed E-state index contributed by atoms with van der Waals surface area (Å²) in [6.07, 6.45) is 0.00128. The Bertz CT molecular complexity index is 1600. The molecule has 3 heterocycles. The van der Waals surface area contributed by atoms with E-state index in [0.29, 0.717) is 28.1 Å². The number of benzene rings is 2. The van der Waals surface area contributed by atoms with Crippen LogP contribution in [0.5, 0.6) is 0 Å². The molecule has 0 N–H and O–H groups in total. The Morgan fingerprint density at radius 1 is 1.15 bits per heavy atom. The Morgan fingerprint density at radius 3 is 2.74 bits per heavy atom. The molecule has 9 heteroatoms. The maximum absolute atomic E-state index is 13.1. The summed E-state index contributed by atoms with van der Waals surface area (Å²) in [7, 11) is 0. The van der Waals surface area contributed by atoms with Gasteiger partial charge in [0.25, 0.3) is 5.56 Å². The summed E-state index contributed by atoms with van der Waals surface area (Å²) < 4.78 is 7.64. The van der Waals surface area contributed by atoms with Crippen LogP contribution in [0, 0.1) is 6.92 Å². The first-order valence-corrected chi connectivity index (χ1v) is 12.8. The van der Waals surface area contributed by atoms with Crippen molar-refractivity contribution in [1.82, 2.24) is 14.8 Å². The summed E-state index contributed by atoms with van der Waals surface area (Å²) in [6, 6.07) is 13.1. The molecule has 0 saturated carbocycles. The molecule has 5 aromatic rings. The van der Waals surface area contributed by atoms with E-state index in [1.165, 1.54) is 16.0 Å². The van der Waals surface area contributed by atoms with Gasteiger partial charge in [0.2, 0.25) is 0 Å². The molecule has 0 saturated heterocycles. The monoisotopic (exact) mass is 509 g/mol. The molecule has 0 aliphatic heterocycles. The quantitative estimate of drug-likeness (QED) is 0.268. The highest BCUT2D eigenvalue weighted by Gasteiger charge is 2.17. The number of thiophene rings is 1. The van der Waals surface area contributed by atoms with Crippen molar-refractivity contribution in [3.63, 3.8) is 0 Å². The summed E-state index contributed by atoms with van der Waals surface area (Å²) >= 11 is 9.34. The summed E-state index contributed by atoms with van der Waals surface area (Å²) in [5.74, 6) is -0.373. The van der Waals surface area contributed by atoms with E-state index in [1.807, 2.05) is 29.6 Å². The molecular weight excluding hydrogens is 490 g/mol. The van der Waals surface area contributed by atoms with Crippen molar-refractivity contribution in [2.75, 3.05) is 6.61 Å². The largest absolute Gasteiger partial charge is 0.466 e. The Balaban J connectivity index is 1.51. The van der Waals surface area contributed by atoms with Gasteiger partial charge in [0.05, 0.1) is 41.2 Å². The lowest BCUT2D eigenvalue weighted by atomic mass is 10.1. The number of hydrogen-bond acceptors (Lipinski definition) is 7. The number of carbonyl (C=O) groups is 1. The van der Waals surface area contributed by atoms with Crippen LogP contribution < -0.4 is 5.56 Å². The third-order valence-electron chi connectivity index (χ3n) is 5.53. The molecule has 6 nitrogen and oxygen atoms in total. The van der Waals surface area contributed by atoms with Crippen LogP contribution in [-0.4, -0.2) is 27.3 Å². The minimum Gasteiger partial charge on any atom is -0.466 e. The molecule has 0 amide bonds. The van der Waals surface area contributed by atoms with Gasteiger partial charge in [-0.2, -0.15) is 5.10 Å². The number of fused-ring (bicyclic) bond motifs is 2. The third kappa shape index (κ3) is 4.24. The normalized spacial score (nSPS) is 11.4. The average molecular weight is 510 g/mol. The van der Waals surface area contributed by atoms with Crippen molar-refractivity contribution >= 4 is 61.1 Å². The fraction of sp³-hybridized carbons (Fsp3) is 0.200. The molecule has 0 bridgehead atoms. The van der Waals surface area contributed by atoms with Crippen molar-refractivity contribution < 1.29 is 9.53 Å². The molecular formula is C25H20ClN3O3S2. The fourth-order valence-electron chi connectivity index (χ4n) is 3.95. The highest BCUT2D eigenvalue weighted by molar-refractivity contribution is 7.22. The van der Waals surface area contributed by atoms with Crippen molar-refractivity contribution in [2.45, 2.75) is 26.8 Å². The van der Waals surface area contributed by atoms with Gasteiger partial charge < -0.3 is 4.74 Å². The molecule has 0 unspecified atom stereocenters. The van der Waals surface area contributed by atoms with E-state index in [9.17, 15) is 9.59 Å². The number of carbonyl (C=O) groups excluding carboxylic acids is 1. The molecule has 3 aromatic heterocycles. The van der Waals surface area contributed by atoms with Gasteiger partial charge in [0, 0.05) is 20.5 Å². The maximum atomic E-state index is 13.1. The zero-order valence-electron chi connectivity index (χ0n) is 18.5. The number of aryl methyl sites for hydroxylation is 1. The number of thiazole rings is 1. The van der Waals surface area contributed by atoms with E-state index in [1.54, 1.807) is 36.5 Å². The van der Waals surface area contributed by atoms with Crippen LogP contribution in [0.4, 0.5) is 0 Å². The third-order valence-corrected chi connectivity index (χ3v) is 7.89. The van der Waals surface area contributed by atoms with Gasteiger partial charge in [-0.05, 0) is 49.1 Å². The standard InChI is InChI=1S/C25H20ClN3O3S2/c1-3-32-23(30)11-19-16-6-4-5-7-17(16)25(31)29(28-19)12-22-27-20(13-33-22)24-14(2)18-10-15(26)8-9-21(18)34-24/h4-10,13H,3,11-12H2,1-2H3. The molecule has 34 heavy (non-hydrogen) atoms. The summed E-state index contributed by atoms with van der Waals surface area (Å²) in [6.45, 7) is 4.35. The van der Waals surface area contributed by atoms with Crippen LogP contribution in [0.3, 0.4) is 0 Å². The lowest BCUT2D eigenvalue weighted by Gasteiger charge is -2.10. The van der Waals surface area contributed by atoms with Crippen LogP contribution in [0.15, 0.2) is 52.6 Å². The van der Waals surface area contributed by atoms with E-state index in [4.69, 9.17) is 21.3 Å². The number of aromatic nitrogens is 3. The van der Waals surface area contributed by atoms with Gasteiger partial charge in [-0.15, -0.1) is 22.7 Å². The molecule has 0 radical (unpaired) electrons. The van der Waals surface area contributed by atoms with Gasteiger partial charge in [-0.25, -0.2) is 9.67 Å². The molecule has 2 aromatic carbocycles. The first kappa shape index (κ1) is 22.7. The Kier molecular flexibility index (Phi) is 6.20. The first-order valence-electron chi connectivity index (χ1n) is 10.7.